The van der Waals surface area contributed by atoms with E-state index in [1.807, 2.05) is 0 Å². The first-order valence-corrected chi connectivity index (χ1v) is 7.34. The molecular weight excluding hydrogens is 300 g/mol. The van der Waals surface area contributed by atoms with E-state index in [9.17, 15) is 14.7 Å². The molecule has 0 spiro atoms. The minimum atomic E-state index is -0.794. The van der Waals surface area contributed by atoms with Crippen LogP contribution in [0.3, 0.4) is 0 Å². The van der Waals surface area contributed by atoms with Crippen molar-refractivity contribution >= 4 is 17.7 Å². The van der Waals surface area contributed by atoms with E-state index in [4.69, 9.17) is 9.47 Å². The fourth-order valence-corrected chi connectivity index (χ4v) is 2.39. The SMILES string of the molecule is COc1ccc(N2C(=O)C(NC(=O)OC(C)(C)C)C2CO)cc1. The molecule has 2 unspecified atom stereocenters. The van der Waals surface area contributed by atoms with Gasteiger partial charge in [-0.05, 0) is 45.0 Å². The number of amides is 2. The summed E-state index contributed by atoms with van der Waals surface area (Å²) in [5.41, 5.74) is -0.0153. The molecule has 1 heterocycles. The molecule has 0 aromatic heterocycles. The molecule has 7 nitrogen and oxygen atoms in total. The van der Waals surface area contributed by atoms with Crippen LogP contribution in [-0.2, 0) is 9.53 Å². The van der Waals surface area contributed by atoms with Gasteiger partial charge >= 0.3 is 6.09 Å². The van der Waals surface area contributed by atoms with Gasteiger partial charge in [0, 0.05) is 5.69 Å². The number of hydrogen-bond donors (Lipinski definition) is 2. The lowest BCUT2D eigenvalue weighted by Crippen LogP contribution is -2.72. The third-order valence-electron chi connectivity index (χ3n) is 3.43. The van der Waals surface area contributed by atoms with E-state index in [-0.39, 0.29) is 12.5 Å². The highest BCUT2D eigenvalue weighted by Gasteiger charge is 2.49. The molecule has 2 atom stereocenters. The van der Waals surface area contributed by atoms with Gasteiger partial charge < -0.3 is 24.8 Å². The van der Waals surface area contributed by atoms with E-state index >= 15 is 0 Å². The molecule has 0 bridgehead atoms. The van der Waals surface area contributed by atoms with Gasteiger partial charge in [-0.3, -0.25) is 4.79 Å². The summed E-state index contributed by atoms with van der Waals surface area (Å²) in [6.07, 6.45) is -0.677. The molecule has 126 valence electrons. The Morgan fingerprint density at radius 2 is 1.91 bits per heavy atom. The Labute approximate surface area is 135 Å². The van der Waals surface area contributed by atoms with Crippen LogP contribution in [-0.4, -0.2) is 48.5 Å². The smallest absolute Gasteiger partial charge is 0.408 e. The minimum Gasteiger partial charge on any atom is -0.497 e. The minimum absolute atomic E-state index is 0.266. The molecule has 0 radical (unpaired) electrons. The Morgan fingerprint density at radius 3 is 2.39 bits per heavy atom. The van der Waals surface area contributed by atoms with E-state index in [1.165, 1.54) is 4.90 Å². The van der Waals surface area contributed by atoms with Crippen LogP contribution in [0, 0.1) is 0 Å². The summed E-state index contributed by atoms with van der Waals surface area (Å²) in [7, 11) is 1.56. The van der Waals surface area contributed by atoms with Gasteiger partial charge in [0.05, 0.1) is 19.8 Å². The zero-order valence-corrected chi connectivity index (χ0v) is 13.7. The van der Waals surface area contributed by atoms with Crippen LogP contribution in [0.2, 0.25) is 0 Å². The number of carbonyl (C=O) groups is 2. The molecule has 0 aliphatic carbocycles. The normalized spacial score (nSPS) is 20.7. The molecule has 2 amide bonds. The Balaban J connectivity index is 2.05. The van der Waals surface area contributed by atoms with Gasteiger partial charge in [0.2, 0.25) is 0 Å². The standard InChI is InChI=1S/C16H22N2O5/c1-16(2,3)23-15(21)17-13-12(9-19)18(14(13)20)10-5-7-11(22-4)8-6-10/h5-8,12-13,19H,9H2,1-4H3,(H,17,21). The first-order valence-electron chi connectivity index (χ1n) is 7.34. The zero-order chi connectivity index (χ0) is 17.2. The van der Waals surface area contributed by atoms with E-state index < -0.39 is 23.8 Å². The third kappa shape index (κ3) is 3.73. The average Bonchev–Trinajstić information content (AvgIpc) is 2.48. The lowest BCUT2D eigenvalue weighted by molar-refractivity contribution is -0.128. The highest BCUT2D eigenvalue weighted by molar-refractivity contribution is 6.06. The summed E-state index contributed by atoms with van der Waals surface area (Å²) in [4.78, 5) is 25.5. The van der Waals surface area contributed by atoms with Crippen LogP contribution in [0.1, 0.15) is 20.8 Å². The maximum Gasteiger partial charge on any atom is 0.408 e. The van der Waals surface area contributed by atoms with Gasteiger partial charge in [-0.1, -0.05) is 0 Å². The Kier molecular flexibility index (Phi) is 4.79. The van der Waals surface area contributed by atoms with E-state index in [1.54, 1.807) is 52.1 Å². The highest BCUT2D eigenvalue weighted by Crippen LogP contribution is 2.29. The van der Waals surface area contributed by atoms with Crippen LogP contribution in [0.5, 0.6) is 5.75 Å². The largest absolute Gasteiger partial charge is 0.497 e. The van der Waals surface area contributed by atoms with Crippen LogP contribution in [0.15, 0.2) is 24.3 Å². The number of anilines is 1. The molecule has 1 fully saturated rings. The second-order valence-electron chi connectivity index (χ2n) is 6.28. The second-order valence-corrected chi connectivity index (χ2v) is 6.28. The number of ether oxygens (including phenoxy) is 2. The van der Waals surface area contributed by atoms with Crippen LogP contribution in [0.25, 0.3) is 0 Å². The van der Waals surface area contributed by atoms with Crippen molar-refractivity contribution in [3.63, 3.8) is 0 Å². The predicted octanol–water partition coefficient (Wildman–Crippen LogP) is 1.30. The van der Waals surface area contributed by atoms with Gasteiger partial charge in [0.1, 0.15) is 17.4 Å². The topological polar surface area (TPSA) is 88.1 Å². The number of rotatable bonds is 4. The average molecular weight is 322 g/mol. The molecule has 0 saturated carbocycles. The Hall–Kier alpha value is -2.28. The van der Waals surface area contributed by atoms with Gasteiger partial charge in [0.25, 0.3) is 5.91 Å². The van der Waals surface area contributed by atoms with Gasteiger partial charge in [0.15, 0.2) is 0 Å². The number of β-lactam (4-membered cyclic amide) rings is 1. The third-order valence-corrected chi connectivity index (χ3v) is 3.43. The van der Waals surface area contributed by atoms with Crippen molar-refractivity contribution in [3.8, 4) is 5.75 Å². The zero-order valence-electron chi connectivity index (χ0n) is 13.7. The summed E-state index contributed by atoms with van der Waals surface area (Å²) < 4.78 is 10.2. The number of aliphatic hydroxyl groups is 1. The highest BCUT2D eigenvalue weighted by atomic mass is 16.6. The van der Waals surface area contributed by atoms with Crippen molar-refractivity contribution in [3.05, 3.63) is 24.3 Å². The predicted molar refractivity (Wildman–Crippen MR) is 84.5 cm³/mol. The van der Waals surface area contributed by atoms with E-state index in [0.29, 0.717) is 11.4 Å². The van der Waals surface area contributed by atoms with Gasteiger partial charge in [-0.15, -0.1) is 0 Å². The first kappa shape index (κ1) is 17.1. The Bertz CT molecular complexity index is 579. The maximum absolute atomic E-state index is 12.3. The fourth-order valence-electron chi connectivity index (χ4n) is 2.39. The number of carbonyl (C=O) groups excluding carboxylic acids is 2. The first-order chi connectivity index (χ1) is 10.8. The number of aliphatic hydroxyl groups excluding tert-OH is 1. The summed E-state index contributed by atoms with van der Waals surface area (Å²) in [6, 6.07) is 5.59. The number of alkyl carbamates (subject to hydrolysis) is 1. The lowest BCUT2D eigenvalue weighted by atomic mass is 9.94. The molecule has 7 heteroatoms. The maximum atomic E-state index is 12.3. The van der Waals surface area contributed by atoms with Crippen LogP contribution < -0.4 is 15.0 Å². The number of benzene rings is 1. The molecule has 1 saturated heterocycles. The van der Waals surface area contributed by atoms with E-state index in [0.717, 1.165) is 0 Å². The molecule has 1 aromatic carbocycles. The molecule has 1 aliphatic heterocycles. The van der Waals surface area contributed by atoms with Crippen molar-refractivity contribution in [2.45, 2.75) is 38.5 Å². The van der Waals surface area contributed by atoms with Crippen molar-refractivity contribution in [2.24, 2.45) is 0 Å². The second kappa shape index (κ2) is 6.45. The molecule has 1 aromatic rings. The van der Waals surface area contributed by atoms with Crippen molar-refractivity contribution in [1.29, 1.82) is 0 Å². The number of methoxy groups -OCH3 is 1. The van der Waals surface area contributed by atoms with Crippen LogP contribution in [0.4, 0.5) is 10.5 Å². The number of nitrogens with one attached hydrogen (secondary N) is 1. The summed E-state index contributed by atoms with van der Waals surface area (Å²) in [5.74, 6) is 0.380. The monoisotopic (exact) mass is 322 g/mol. The lowest BCUT2D eigenvalue weighted by Gasteiger charge is -2.46. The van der Waals surface area contributed by atoms with Gasteiger partial charge in [-0.25, -0.2) is 4.79 Å². The summed E-state index contributed by atoms with van der Waals surface area (Å²) >= 11 is 0. The number of hydrogen-bond acceptors (Lipinski definition) is 5. The molecule has 23 heavy (non-hydrogen) atoms. The van der Waals surface area contributed by atoms with Gasteiger partial charge in [-0.2, -0.15) is 0 Å². The number of nitrogens with zero attached hydrogens (tertiary/aromatic N) is 1. The fraction of sp³-hybridized carbons (Fsp3) is 0.500. The van der Waals surface area contributed by atoms with Crippen LogP contribution >= 0.6 is 0 Å². The van der Waals surface area contributed by atoms with Crippen molar-refractivity contribution in [2.75, 3.05) is 18.6 Å². The molecule has 2 rings (SSSR count). The molecule has 2 N–H and O–H groups in total. The van der Waals surface area contributed by atoms with Crippen molar-refractivity contribution in [1.82, 2.24) is 5.32 Å². The summed E-state index contributed by atoms with van der Waals surface area (Å²) in [6.45, 7) is 4.95. The quantitative estimate of drug-likeness (QED) is 0.816. The van der Waals surface area contributed by atoms with E-state index in [2.05, 4.69) is 5.32 Å². The summed E-state index contributed by atoms with van der Waals surface area (Å²) in [5, 5.41) is 12.1. The molecular formula is C16H22N2O5. The van der Waals surface area contributed by atoms with Crippen molar-refractivity contribution < 1.29 is 24.2 Å². The molecule has 1 aliphatic rings. The Morgan fingerprint density at radius 1 is 1.30 bits per heavy atom.